The summed E-state index contributed by atoms with van der Waals surface area (Å²) in [5.41, 5.74) is 3.36. The van der Waals surface area contributed by atoms with Crippen molar-refractivity contribution in [2.24, 2.45) is 0 Å². The summed E-state index contributed by atoms with van der Waals surface area (Å²) in [6.07, 6.45) is 0. The first-order valence-electron chi connectivity index (χ1n) is 5.17. The van der Waals surface area contributed by atoms with E-state index in [4.69, 9.17) is 0 Å². The summed E-state index contributed by atoms with van der Waals surface area (Å²) >= 11 is 0. The van der Waals surface area contributed by atoms with Crippen LogP contribution in [-0.4, -0.2) is 5.11 Å². The zero-order chi connectivity index (χ0) is 11.5. The van der Waals surface area contributed by atoms with Crippen LogP contribution in [-0.2, 0) is 6.61 Å². The molecule has 1 N–H and O–H groups in total. The SMILES string of the molecule is Cc1cc(-c2ccccc2CO)ccc1F. The van der Waals surface area contributed by atoms with Gasteiger partial charge in [-0.1, -0.05) is 30.3 Å². The van der Waals surface area contributed by atoms with E-state index in [1.807, 2.05) is 24.3 Å². The third-order valence-corrected chi connectivity index (χ3v) is 2.66. The number of hydrogen-bond donors (Lipinski definition) is 1. The van der Waals surface area contributed by atoms with Gasteiger partial charge >= 0.3 is 0 Å². The molecular formula is C14H13FO. The van der Waals surface area contributed by atoms with Crippen molar-refractivity contribution < 1.29 is 9.50 Å². The van der Waals surface area contributed by atoms with Gasteiger partial charge in [0.25, 0.3) is 0 Å². The van der Waals surface area contributed by atoms with Gasteiger partial charge in [0, 0.05) is 0 Å². The zero-order valence-electron chi connectivity index (χ0n) is 9.07. The van der Waals surface area contributed by atoms with Crippen LogP contribution in [0.15, 0.2) is 42.5 Å². The largest absolute Gasteiger partial charge is 0.392 e. The van der Waals surface area contributed by atoms with Crippen molar-refractivity contribution in [3.63, 3.8) is 0 Å². The van der Waals surface area contributed by atoms with Crippen molar-refractivity contribution in [3.05, 3.63) is 59.4 Å². The standard InChI is InChI=1S/C14H13FO/c1-10-8-11(6-7-14(10)15)13-5-3-2-4-12(13)9-16/h2-8,16H,9H2,1H3. The third kappa shape index (κ3) is 1.97. The lowest BCUT2D eigenvalue weighted by Gasteiger charge is -2.08. The molecule has 0 aliphatic carbocycles. The van der Waals surface area contributed by atoms with Crippen LogP contribution >= 0.6 is 0 Å². The molecule has 1 nitrogen and oxygen atoms in total. The summed E-state index contributed by atoms with van der Waals surface area (Å²) in [6, 6.07) is 12.6. The van der Waals surface area contributed by atoms with Crippen LogP contribution in [0, 0.1) is 12.7 Å². The van der Waals surface area contributed by atoms with E-state index in [1.54, 1.807) is 19.1 Å². The first kappa shape index (κ1) is 10.8. The molecule has 0 saturated carbocycles. The van der Waals surface area contributed by atoms with E-state index >= 15 is 0 Å². The summed E-state index contributed by atoms with van der Waals surface area (Å²) in [5.74, 6) is -0.203. The summed E-state index contributed by atoms with van der Waals surface area (Å²) in [5, 5.41) is 9.23. The second-order valence-corrected chi connectivity index (χ2v) is 3.78. The first-order chi connectivity index (χ1) is 7.72. The Morgan fingerprint density at radius 2 is 1.88 bits per heavy atom. The fourth-order valence-electron chi connectivity index (χ4n) is 1.75. The number of halogens is 1. The summed E-state index contributed by atoms with van der Waals surface area (Å²) in [7, 11) is 0. The van der Waals surface area contributed by atoms with E-state index in [1.165, 1.54) is 6.07 Å². The first-order valence-corrected chi connectivity index (χ1v) is 5.17. The summed E-state index contributed by atoms with van der Waals surface area (Å²) in [4.78, 5) is 0. The molecule has 0 bridgehead atoms. The number of aliphatic hydroxyl groups excluding tert-OH is 1. The molecule has 0 aromatic heterocycles. The van der Waals surface area contributed by atoms with Crippen molar-refractivity contribution in [3.8, 4) is 11.1 Å². The molecular weight excluding hydrogens is 203 g/mol. The monoisotopic (exact) mass is 216 g/mol. The zero-order valence-corrected chi connectivity index (χ0v) is 9.07. The fraction of sp³-hybridized carbons (Fsp3) is 0.143. The van der Waals surface area contributed by atoms with Gasteiger partial charge in [-0.15, -0.1) is 0 Å². The molecule has 0 amide bonds. The van der Waals surface area contributed by atoms with Crippen molar-refractivity contribution in [1.29, 1.82) is 0 Å². The fourth-order valence-corrected chi connectivity index (χ4v) is 1.75. The van der Waals surface area contributed by atoms with Gasteiger partial charge in [-0.05, 0) is 41.3 Å². The minimum Gasteiger partial charge on any atom is -0.392 e. The van der Waals surface area contributed by atoms with Gasteiger partial charge in [0.1, 0.15) is 5.82 Å². The molecule has 0 heterocycles. The Balaban J connectivity index is 2.54. The minimum absolute atomic E-state index is 0.00734. The van der Waals surface area contributed by atoms with E-state index < -0.39 is 0 Å². The van der Waals surface area contributed by atoms with Gasteiger partial charge in [-0.3, -0.25) is 0 Å². The van der Waals surface area contributed by atoms with Gasteiger partial charge < -0.3 is 5.11 Å². The molecule has 0 spiro atoms. The van der Waals surface area contributed by atoms with Crippen LogP contribution in [0.4, 0.5) is 4.39 Å². The predicted molar refractivity (Wildman–Crippen MR) is 62.5 cm³/mol. The maximum absolute atomic E-state index is 13.1. The highest BCUT2D eigenvalue weighted by Gasteiger charge is 2.05. The van der Waals surface area contributed by atoms with Crippen LogP contribution in [0.25, 0.3) is 11.1 Å². The van der Waals surface area contributed by atoms with Gasteiger partial charge in [0.15, 0.2) is 0 Å². The number of rotatable bonds is 2. The molecule has 0 atom stereocenters. The molecule has 0 fully saturated rings. The van der Waals surface area contributed by atoms with E-state index in [-0.39, 0.29) is 12.4 Å². The van der Waals surface area contributed by atoms with Crippen LogP contribution in [0.5, 0.6) is 0 Å². The number of aryl methyl sites for hydroxylation is 1. The Hall–Kier alpha value is -1.67. The van der Waals surface area contributed by atoms with Crippen molar-refractivity contribution in [2.75, 3.05) is 0 Å². The second-order valence-electron chi connectivity index (χ2n) is 3.78. The van der Waals surface area contributed by atoms with E-state index in [0.717, 1.165) is 16.7 Å². The number of aliphatic hydroxyl groups is 1. The minimum atomic E-state index is -0.203. The maximum atomic E-state index is 13.1. The Kier molecular flexibility index (Phi) is 3.02. The lowest BCUT2D eigenvalue weighted by molar-refractivity contribution is 0.282. The smallest absolute Gasteiger partial charge is 0.126 e. The highest BCUT2D eigenvalue weighted by atomic mass is 19.1. The average molecular weight is 216 g/mol. The van der Waals surface area contributed by atoms with Crippen LogP contribution < -0.4 is 0 Å². The molecule has 2 aromatic rings. The molecule has 0 unspecified atom stereocenters. The average Bonchev–Trinajstić information content (AvgIpc) is 2.32. The van der Waals surface area contributed by atoms with E-state index in [9.17, 15) is 9.50 Å². The maximum Gasteiger partial charge on any atom is 0.126 e. The quantitative estimate of drug-likeness (QED) is 0.816. The molecule has 82 valence electrons. The third-order valence-electron chi connectivity index (χ3n) is 2.66. The van der Waals surface area contributed by atoms with Crippen LogP contribution in [0.3, 0.4) is 0 Å². The number of hydrogen-bond acceptors (Lipinski definition) is 1. The molecule has 0 saturated heterocycles. The summed E-state index contributed by atoms with van der Waals surface area (Å²) < 4.78 is 13.1. The topological polar surface area (TPSA) is 20.2 Å². The van der Waals surface area contributed by atoms with E-state index in [2.05, 4.69) is 0 Å². The van der Waals surface area contributed by atoms with Gasteiger partial charge in [0.05, 0.1) is 6.61 Å². The van der Waals surface area contributed by atoms with E-state index in [0.29, 0.717) is 5.56 Å². The van der Waals surface area contributed by atoms with Gasteiger partial charge in [0.2, 0.25) is 0 Å². The van der Waals surface area contributed by atoms with Gasteiger partial charge in [-0.25, -0.2) is 4.39 Å². The lowest BCUT2D eigenvalue weighted by atomic mass is 9.98. The van der Waals surface area contributed by atoms with Crippen molar-refractivity contribution in [1.82, 2.24) is 0 Å². The van der Waals surface area contributed by atoms with Crippen LogP contribution in [0.1, 0.15) is 11.1 Å². The highest BCUT2D eigenvalue weighted by molar-refractivity contribution is 5.67. The number of benzene rings is 2. The molecule has 16 heavy (non-hydrogen) atoms. The van der Waals surface area contributed by atoms with Crippen LogP contribution in [0.2, 0.25) is 0 Å². The Labute approximate surface area is 94.2 Å². The Morgan fingerprint density at radius 1 is 1.12 bits per heavy atom. The molecule has 0 radical (unpaired) electrons. The Bertz CT molecular complexity index is 506. The molecule has 2 heteroatoms. The lowest BCUT2D eigenvalue weighted by Crippen LogP contribution is -1.90. The molecule has 2 rings (SSSR count). The predicted octanol–water partition coefficient (Wildman–Crippen LogP) is 3.29. The van der Waals surface area contributed by atoms with Crippen molar-refractivity contribution in [2.45, 2.75) is 13.5 Å². The second kappa shape index (κ2) is 4.45. The highest BCUT2D eigenvalue weighted by Crippen LogP contribution is 2.25. The molecule has 0 aliphatic heterocycles. The molecule has 2 aromatic carbocycles. The summed E-state index contributed by atoms with van der Waals surface area (Å²) in [6.45, 7) is 1.73. The Morgan fingerprint density at radius 3 is 2.56 bits per heavy atom. The van der Waals surface area contributed by atoms with Crippen molar-refractivity contribution >= 4 is 0 Å². The normalized spacial score (nSPS) is 10.4. The van der Waals surface area contributed by atoms with Gasteiger partial charge in [-0.2, -0.15) is 0 Å². The molecule has 0 aliphatic rings.